The Labute approximate surface area is 244 Å². The van der Waals surface area contributed by atoms with Crippen LogP contribution in [0.4, 0.5) is 0 Å². The van der Waals surface area contributed by atoms with Crippen LogP contribution in [0.5, 0.6) is 11.5 Å². The fourth-order valence-electron chi connectivity index (χ4n) is 4.64. The second kappa shape index (κ2) is 15.3. The van der Waals surface area contributed by atoms with Gasteiger partial charge < -0.3 is 74.0 Å². The number of carboxylic acid groups (broad SMARTS) is 1. The van der Waals surface area contributed by atoms with Crippen molar-refractivity contribution in [2.45, 2.75) is 80.4 Å². The molecule has 3 rings (SSSR count). The first-order chi connectivity index (χ1) is 20.4. The summed E-state index contributed by atoms with van der Waals surface area (Å²) in [5.74, 6) is -5.00. The third kappa shape index (κ3) is 8.06. The van der Waals surface area contributed by atoms with E-state index < -0.39 is 105 Å². The lowest BCUT2D eigenvalue weighted by Gasteiger charge is -2.48. The molecule has 1 aromatic carbocycles. The Bertz CT molecular complexity index is 1060. The summed E-state index contributed by atoms with van der Waals surface area (Å²) in [6, 6.07) is 6.24. The Morgan fingerprint density at radius 2 is 1.60 bits per heavy atom. The lowest BCUT2D eigenvalue weighted by molar-refractivity contribution is -0.373. The molecule has 2 aliphatic rings. The molecule has 0 saturated carbocycles. The van der Waals surface area contributed by atoms with E-state index in [0.717, 1.165) is 6.92 Å². The molecule has 18 nitrogen and oxygen atoms in total. The van der Waals surface area contributed by atoms with Crippen molar-refractivity contribution in [2.24, 2.45) is 5.73 Å². The number of nitrogens with two attached hydrogens (primary N) is 1. The van der Waals surface area contributed by atoms with Crippen molar-refractivity contribution >= 4 is 11.9 Å². The average Bonchev–Trinajstić information content (AvgIpc) is 2.97. The van der Waals surface area contributed by atoms with Gasteiger partial charge in [0.2, 0.25) is 0 Å². The van der Waals surface area contributed by atoms with E-state index in [-0.39, 0.29) is 18.2 Å². The number of aliphatic hydroxyl groups excluding tert-OH is 7. The maximum Gasteiger partial charge on any atom is 0.364 e. The zero-order chi connectivity index (χ0) is 31.9. The third-order valence-electron chi connectivity index (χ3n) is 6.74. The SMILES string of the molecule is CC(=O)OC1[C@@H](O[C@H]2C([C@H](O)CO)O[C@@](OCOc3ccccc3OCN)(C(=O)O)C[C@H]2O)OC([C@@H](O)CO)[C@@H](O)[C@@H]1O. The van der Waals surface area contributed by atoms with Gasteiger partial charge in [0.1, 0.15) is 49.5 Å². The van der Waals surface area contributed by atoms with E-state index in [0.29, 0.717) is 0 Å². The molecule has 2 aliphatic heterocycles. The van der Waals surface area contributed by atoms with Crippen molar-refractivity contribution in [2.75, 3.05) is 26.7 Å². The zero-order valence-corrected chi connectivity index (χ0v) is 22.9. The van der Waals surface area contributed by atoms with Crippen molar-refractivity contribution in [1.82, 2.24) is 0 Å². The van der Waals surface area contributed by atoms with Crippen LogP contribution in [0.3, 0.4) is 0 Å². The minimum Gasteiger partial charge on any atom is -0.477 e. The van der Waals surface area contributed by atoms with Gasteiger partial charge in [0.15, 0.2) is 30.7 Å². The standard InChI is InChI=1S/C25H37NO17/c1-11(29)40-22-18(34)17(33)19(13(31)7-27)41-23(22)42-20-12(30)6-25(24(35)36,43-21(20)14(32)8-28)39-10-38-16-5-3-2-4-15(16)37-9-26/h2-5,12-14,17-23,27-28,30-34H,6-10,26H2,1H3,(H,35,36)/t12-,13+,14-,17+,18+,19?,20-,21?,22?,23-,25-/m1/s1. The highest BCUT2D eigenvalue weighted by Crippen LogP contribution is 2.37. The van der Waals surface area contributed by atoms with Crippen LogP contribution in [0.2, 0.25) is 0 Å². The van der Waals surface area contributed by atoms with Crippen LogP contribution >= 0.6 is 0 Å². The number of hydrogen-bond donors (Lipinski definition) is 9. The summed E-state index contributed by atoms with van der Waals surface area (Å²) in [5.41, 5.74) is 5.39. The first-order valence-corrected chi connectivity index (χ1v) is 13.1. The Morgan fingerprint density at radius 3 is 2.16 bits per heavy atom. The second-order valence-electron chi connectivity index (χ2n) is 9.70. The normalized spacial score (nSPS) is 34.2. The summed E-state index contributed by atoms with van der Waals surface area (Å²) < 4.78 is 37.9. The maximum atomic E-state index is 12.4. The molecule has 43 heavy (non-hydrogen) atoms. The molecule has 18 heteroatoms. The number of aliphatic hydroxyl groups is 7. The fraction of sp³-hybridized carbons (Fsp3) is 0.680. The van der Waals surface area contributed by atoms with E-state index in [4.69, 9.17) is 38.9 Å². The van der Waals surface area contributed by atoms with Crippen molar-refractivity contribution < 1.29 is 83.6 Å². The predicted molar refractivity (Wildman–Crippen MR) is 136 cm³/mol. The molecular weight excluding hydrogens is 586 g/mol. The molecule has 0 aromatic heterocycles. The lowest BCUT2D eigenvalue weighted by atomic mass is 9.91. The number of carbonyl (C=O) groups excluding carboxylic acids is 1. The largest absolute Gasteiger partial charge is 0.477 e. The van der Waals surface area contributed by atoms with Crippen LogP contribution in [0.15, 0.2) is 24.3 Å². The molecule has 2 heterocycles. The van der Waals surface area contributed by atoms with Crippen LogP contribution in [0.25, 0.3) is 0 Å². The molecule has 0 spiro atoms. The Kier molecular flexibility index (Phi) is 12.4. The van der Waals surface area contributed by atoms with Gasteiger partial charge in [-0.25, -0.2) is 4.79 Å². The topological polar surface area (TPSA) is 287 Å². The van der Waals surface area contributed by atoms with Gasteiger partial charge in [0.05, 0.1) is 19.3 Å². The van der Waals surface area contributed by atoms with Gasteiger partial charge in [-0.3, -0.25) is 10.5 Å². The highest BCUT2D eigenvalue weighted by molar-refractivity contribution is 5.76. The van der Waals surface area contributed by atoms with Gasteiger partial charge in [-0.1, -0.05) is 12.1 Å². The van der Waals surface area contributed by atoms with Crippen molar-refractivity contribution in [3.63, 3.8) is 0 Å². The molecular formula is C25H37NO17. The number of aliphatic carboxylic acids is 1. The number of hydrogen-bond acceptors (Lipinski definition) is 17. The first-order valence-electron chi connectivity index (χ1n) is 13.1. The molecule has 0 aliphatic carbocycles. The van der Waals surface area contributed by atoms with Crippen LogP contribution in [0, 0.1) is 0 Å². The Morgan fingerprint density at radius 1 is 1.00 bits per heavy atom. The molecule has 1 aromatic rings. The van der Waals surface area contributed by atoms with Crippen molar-refractivity contribution in [3.8, 4) is 11.5 Å². The molecule has 2 fully saturated rings. The summed E-state index contributed by atoms with van der Waals surface area (Å²) in [6.07, 6.45) is -19.0. The average molecular weight is 624 g/mol. The summed E-state index contributed by atoms with van der Waals surface area (Å²) in [5, 5.41) is 81.6. The number of carbonyl (C=O) groups is 2. The summed E-state index contributed by atoms with van der Waals surface area (Å²) in [6.45, 7) is -1.90. The predicted octanol–water partition coefficient (Wildman–Crippen LogP) is -4.26. The zero-order valence-electron chi connectivity index (χ0n) is 22.9. The van der Waals surface area contributed by atoms with Crippen molar-refractivity contribution in [1.29, 1.82) is 0 Å². The van der Waals surface area contributed by atoms with E-state index >= 15 is 0 Å². The number of ether oxygens (including phenoxy) is 7. The van der Waals surface area contributed by atoms with Gasteiger partial charge in [-0.05, 0) is 12.1 Å². The summed E-state index contributed by atoms with van der Waals surface area (Å²) in [7, 11) is 0. The minimum atomic E-state index is -2.65. The number of rotatable bonds is 14. The molecule has 0 bridgehead atoms. The van der Waals surface area contributed by atoms with Crippen molar-refractivity contribution in [3.05, 3.63) is 24.3 Å². The van der Waals surface area contributed by atoms with E-state index in [1.807, 2.05) is 0 Å². The molecule has 0 amide bonds. The minimum absolute atomic E-state index is 0.129. The number of para-hydroxylation sites is 2. The first kappa shape index (κ1) is 34.8. The Hall–Kier alpha value is -2.72. The van der Waals surface area contributed by atoms with E-state index in [1.54, 1.807) is 12.1 Å². The highest BCUT2D eigenvalue weighted by Gasteiger charge is 2.58. The van der Waals surface area contributed by atoms with E-state index in [9.17, 15) is 50.4 Å². The van der Waals surface area contributed by atoms with Gasteiger partial charge in [-0.2, -0.15) is 0 Å². The molecule has 10 N–H and O–H groups in total. The van der Waals surface area contributed by atoms with Gasteiger partial charge in [0, 0.05) is 13.3 Å². The monoisotopic (exact) mass is 623 g/mol. The van der Waals surface area contributed by atoms with Gasteiger partial charge in [-0.15, -0.1) is 0 Å². The van der Waals surface area contributed by atoms with Crippen LogP contribution in [0.1, 0.15) is 13.3 Å². The second-order valence-corrected chi connectivity index (χ2v) is 9.70. The smallest absolute Gasteiger partial charge is 0.364 e. The molecule has 0 radical (unpaired) electrons. The number of carboxylic acids is 1. The third-order valence-corrected chi connectivity index (χ3v) is 6.74. The van der Waals surface area contributed by atoms with E-state index in [2.05, 4.69) is 0 Å². The van der Waals surface area contributed by atoms with E-state index in [1.165, 1.54) is 12.1 Å². The summed E-state index contributed by atoms with van der Waals surface area (Å²) in [4.78, 5) is 24.1. The highest BCUT2D eigenvalue weighted by atomic mass is 16.8. The lowest BCUT2D eigenvalue weighted by Crippen LogP contribution is -2.67. The van der Waals surface area contributed by atoms with Crippen LogP contribution in [-0.4, -0.2) is 147 Å². The molecule has 3 unspecified atom stereocenters. The number of esters is 1. The summed E-state index contributed by atoms with van der Waals surface area (Å²) >= 11 is 0. The maximum absolute atomic E-state index is 12.4. The van der Waals surface area contributed by atoms with Gasteiger partial charge in [0.25, 0.3) is 5.79 Å². The molecule has 2 saturated heterocycles. The quantitative estimate of drug-likeness (QED) is 0.0700. The Balaban J connectivity index is 1.86. The molecule has 11 atom stereocenters. The van der Waals surface area contributed by atoms with Crippen LogP contribution < -0.4 is 15.2 Å². The van der Waals surface area contributed by atoms with Crippen LogP contribution in [-0.2, 0) is 33.3 Å². The number of benzene rings is 1. The molecule has 244 valence electrons. The fourth-order valence-corrected chi connectivity index (χ4v) is 4.64. The van der Waals surface area contributed by atoms with Gasteiger partial charge >= 0.3 is 11.9 Å².